The van der Waals surface area contributed by atoms with E-state index in [2.05, 4.69) is 50.6 Å². The number of benzene rings is 4. The number of ether oxygens (including phenoxy) is 4. The van der Waals surface area contributed by atoms with Crippen LogP contribution in [0.3, 0.4) is 0 Å². The second-order valence-electron chi connectivity index (χ2n) is 14.0. The molecule has 10 nitrogen and oxygen atoms in total. The molecule has 1 fully saturated rings. The lowest BCUT2D eigenvalue weighted by atomic mass is 9.80. The summed E-state index contributed by atoms with van der Waals surface area (Å²) >= 11 is 0. The molecule has 1 aliphatic rings. The number of nitrogens with zero attached hydrogens (tertiary/aromatic N) is 3. The van der Waals surface area contributed by atoms with Gasteiger partial charge in [0.1, 0.15) is 29.4 Å². The van der Waals surface area contributed by atoms with Gasteiger partial charge in [-0.25, -0.2) is 4.67 Å². The molecule has 0 spiro atoms. The molecule has 0 amide bonds. The Hall–Kier alpha value is -4.59. The van der Waals surface area contributed by atoms with Crippen LogP contribution in [0.5, 0.6) is 11.5 Å². The Labute approximate surface area is 325 Å². The Balaban J connectivity index is 1.44. The first-order chi connectivity index (χ1) is 26.7. The monoisotopic (exact) mass is 763 g/mol. The van der Waals surface area contributed by atoms with E-state index in [0.717, 1.165) is 33.6 Å². The van der Waals surface area contributed by atoms with Crippen molar-refractivity contribution in [3.8, 4) is 17.6 Å². The predicted octanol–water partition coefficient (Wildman–Crippen LogP) is 8.98. The number of rotatable bonds is 17. The van der Waals surface area contributed by atoms with Crippen LogP contribution in [0.1, 0.15) is 63.5 Å². The second kappa shape index (κ2) is 18.4. The minimum Gasteiger partial charge on any atom is -0.497 e. The third kappa shape index (κ3) is 8.79. The van der Waals surface area contributed by atoms with Gasteiger partial charge in [-0.15, -0.1) is 0 Å². The third-order valence-corrected chi connectivity index (χ3v) is 12.0. The van der Waals surface area contributed by atoms with Crippen LogP contribution in [0.25, 0.3) is 10.8 Å². The summed E-state index contributed by atoms with van der Waals surface area (Å²) in [7, 11) is 1.67. The van der Waals surface area contributed by atoms with Crippen LogP contribution in [-0.4, -0.2) is 61.0 Å². The highest BCUT2D eigenvalue weighted by Crippen LogP contribution is 2.50. The molecule has 2 heterocycles. The van der Waals surface area contributed by atoms with Crippen LogP contribution in [-0.2, 0) is 24.1 Å². The molecule has 288 valence electrons. The second-order valence-corrected chi connectivity index (χ2v) is 15.4. The van der Waals surface area contributed by atoms with Gasteiger partial charge in [-0.05, 0) is 86.2 Å². The van der Waals surface area contributed by atoms with E-state index < -0.39 is 32.6 Å². The summed E-state index contributed by atoms with van der Waals surface area (Å²) in [6, 6.07) is 37.7. The lowest BCUT2D eigenvalue weighted by Crippen LogP contribution is -2.39. The topological polar surface area (TPSA) is 104 Å². The third-order valence-electron chi connectivity index (χ3n) is 9.86. The molecule has 1 aliphatic heterocycles. The first-order valence-corrected chi connectivity index (χ1v) is 19.8. The summed E-state index contributed by atoms with van der Waals surface area (Å²) in [6.07, 6.45) is 0.620. The van der Waals surface area contributed by atoms with Gasteiger partial charge in [0.05, 0.1) is 46.0 Å². The van der Waals surface area contributed by atoms with E-state index in [1.54, 1.807) is 25.0 Å². The van der Waals surface area contributed by atoms with Gasteiger partial charge in [-0.3, -0.25) is 9.36 Å². The summed E-state index contributed by atoms with van der Waals surface area (Å²) in [4.78, 5) is 13.9. The molecule has 0 saturated carbocycles. The van der Waals surface area contributed by atoms with E-state index in [-0.39, 0.29) is 37.3 Å². The molecule has 1 aromatic heterocycles. The zero-order chi connectivity index (χ0) is 39.0. The molecule has 1 unspecified atom stereocenters. The first kappa shape index (κ1) is 40.1. The summed E-state index contributed by atoms with van der Waals surface area (Å²) in [5.74, 6) is 1.45. The Bertz CT molecular complexity index is 2030. The molecule has 0 radical (unpaired) electrons. The van der Waals surface area contributed by atoms with Gasteiger partial charge < -0.3 is 28.0 Å². The highest BCUT2D eigenvalue weighted by molar-refractivity contribution is 7.44. The fourth-order valence-electron chi connectivity index (χ4n) is 7.25. The number of aromatic nitrogens is 1. The normalized spacial score (nSPS) is 17.9. The van der Waals surface area contributed by atoms with Gasteiger partial charge in [0, 0.05) is 30.1 Å². The molecule has 4 aromatic carbocycles. The predicted molar refractivity (Wildman–Crippen MR) is 215 cm³/mol. The van der Waals surface area contributed by atoms with Crippen molar-refractivity contribution in [2.75, 3.05) is 27.4 Å². The zero-order valence-electron chi connectivity index (χ0n) is 32.3. The number of pyridine rings is 1. The van der Waals surface area contributed by atoms with Crippen molar-refractivity contribution in [1.82, 2.24) is 9.24 Å². The largest absolute Gasteiger partial charge is 0.497 e. The number of nitriles is 1. The van der Waals surface area contributed by atoms with Gasteiger partial charge >= 0.3 is 0 Å². The summed E-state index contributed by atoms with van der Waals surface area (Å²) in [5, 5.41) is 10.8. The Morgan fingerprint density at radius 3 is 2.00 bits per heavy atom. The molecular weight excluding hydrogens is 713 g/mol. The van der Waals surface area contributed by atoms with Crippen LogP contribution in [0.4, 0.5) is 0 Å². The minimum absolute atomic E-state index is 0.0972. The van der Waals surface area contributed by atoms with Crippen molar-refractivity contribution in [3.63, 3.8) is 0 Å². The van der Waals surface area contributed by atoms with Crippen LogP contribution >= 0.6 is 8.53 Å². The molecular formula is C44H50N3O7P. The molecule has 55 heavy (non-hydrogen) atoms. The fourth-order valence-corrected chi connectivity index (χ4v) is 9.01. The van der Waals surface area contributed by atoms with E-state index in [0.29, 0.717) is 11.8 Å². The van der Waals surface area contributed by atoms with Crippen molar-refractivity contribution in [2.45, 2.75) is 76.7 Å². The molecule has 0 N–H and O–H groups in total. The Morgan fingerprint density at radius 2 is 1.42 bits per heavy atom. The molecule has 0 bridgehead atoms. The summed E-state index contributed by atoms with van der Waals surface area (Å²) < 4.78 is 42.4. The van der Waals surface area contributed by atoms with Crippen LogP contribution in [0, 0.1) is 11.3 Å². The van der Waals surface area contributed by atoms with Crippen LogP contribution in [0.15, 0.2) is 120 Å². The Morgan fingerprint density at radius 1 is 0.836 bits per heavy atom. The number of hydrogen-bond acceptors (Lipinski definition) is 9. The van der Waals surface area contributed by atoms with Crippen LogP contribution < -0.4 is 15.0 Å². The lowest BCUT2D eigenvalue weighted by molar-refractivity contribution is -0.0922. The van der Waals surface area contributed by atoms with E-state index >= 15 is 0 Å². The van der Waals surface area contributed by atoms with Crippen molar-refractivity contribution < 1.29 is 28.0 Å². The molecule has 11 heteroatoms. The molecule has 0 aliphatic carbocycles. The van der Waals surface area contributed by atoms with Crippen molar-refractivity contribution >= 4 is 19.3 Å². The number of fused-ring (bicyclic) bond motifs is 1. The Kier molecular flexibility index (Phi) is 13.4. The molecule has 5 aromatic rings. The highest BCUT2D eigenvalue weighted by Gasteiger charge is 2.45. The number of hydrogen-bond donors (Lipinski definition) is 0. The van der Waals surface area contributed by atoms with Gasteiger partial charge in [0.25, 0.3) is 14.1 Å². The van der Waals surface area contributed by atoms with Crippen molar-refractivity contribution in [2.24, 2.45) is 0 Å². The standard InChI is InChI=1S/C44H50N3O7P/c1-31(2)47(32(3)4)55(52-28-12-26-45)54-40-29-42(46-27-25-33-13-10-11-16-39(33)43(46)48)53-41(40)30-51-44(34-14-8-7-9-15-34,35-17-21-37(49-5)22-18-35)36-19-23-38(50-6)24-20-36/h7-11,13-25,27,31-32,40-42H,12,28-30H2,1-6H3/t40-,41+,42+,55?/m0/s1. The zero-order valence-corrected chi connectivity index (χ0v) is 33.2. The van der Waals surface area contributed by atoms with E-state index in [9.17, 15) is 10.1 Å². The average molecular weight is 764 g/mol. The average Bonchev–Trinajstić information content (AvgIpc) is 3.60. The van der Waals surface area contributed by atoms with Crippen molar-refractivity contribution in [1.29, 1.82) is 5.26 Å². The van der Waals surface area contributed by atoms with E-state index in [1.165, 1.54) is 0 Å². The van der Waals surface area contributed by atoms with Gasteiger partial charge in [-0.1, -0.05) is 72.8 Å². The van der Waals surface area contributed by atoms with Gasteiger partial charge in [-0.2, -0.15) is 5.26 Å². The summed E-state index contributed by atoms with van der Waals surface area (Å²) in [5.41, 5.74) is 1.44. The van der Waals surface area contributed by atoms with Crippen molar-refractivity contribution in [3.05, 3.63) is 142 Å². The smallest absolute Gasteiger partial charge is 0.260 e. The number of methoxy groups -OCH3 is 2. The molecule has 4 atom stereocenters. The summed E-state index contributed by atoms with van der Waals surface area (Å²) in [6.45, 7) is 8.75. The fraction of sp³-hybridized carbons (Fsp3) is 0.364. The SMILES string of the molecule is COc1ccc(C(OC[C@H]2O[C@@H](n3ccc4ccccc4c3=O)C[C@@H]2OP(OCCC#N)N(C(C)C)C(C)C)(c2ccccc2)c2ccc(OC)cc2)cc1. The highest BCUT2D eigenvalue weighted by atomic mass is 31.2. The maximum atomic E-state index is 13.9. The maximum absolute atomic E-state index is 13.9. The maximum Gasteiger partial charge on any atom is 0.260 e. The van der Waals surface area contributed by atoms with E-state index in [1.807, 2.05) is 97.1 Å². The minimum atomic E-state index is -1.63. The van der Waals surface area contributed by atoms with Gasteiger partial charge in [0.15, 0.2) is 0 Å². The molecule has 6 rings (SSSR count). The molecule has 1 saturated heterocycles. The van der Waals surface area contributed by atoms with E-state index in [4.69, 9.17) is 28.0 Å². The van der Waals surface area contributed by atoms with Gasteiger partial charge in [0.2, 0.25) is 0 Å². The quantitative estimate of drug-likeness (QED) is 0.0522. The lowest BCUT2D eigenvalue weighted by Gasteiger charge is -2.39. The van der Waals surface area contributed by atoms with Crippen LogP contribution in [0.2, 0.25) is 0 Å². The first-order valence-electron chi connectivity index (χ1n) is 18.7.